The second kappa shape index (κ2) is 6.87. The zero-order valence-corrected chi connectivity index (χ0v) is 11.8. The Labute approximate surface area is 125 Å². The van der Waals surface area contributed by atoms with Gasteiger partial charge in [0.2, 0.25) is 0 Å². The van der Waals surface area contributed by atoms with Gasteiger partial charge in [0.05, 0.1) is 4.92 Å². The quantitative estimate of drug-likeness (QED) is 0.291. The molecule has 21 heavy (non-hydrogen) atoms. The molecule has 0 aliphatic rings. The number of nitrogen functional groups attached to an aromatic ring is 1. The number of hydrogen-bond donors (Lipinski definition) is 2. The molecule has 1 amide bonds. The molecule has 0 unspecified atom stereocenters. The first-order chi connectivity index (χ1) is 10.1. The molecule has 0 saturated heterocycles. The van der Waals surface area contributed by atoms with Gasteiger partial charge in [0.15, 0.2) is 0 Å². The molecule has 0 heterocycles. The fourth-order valence-corrected chi connectivity index (χ4v) is 2.56. The van der Waals surface area contributed by atoms with Gasteiger partial charge in [-0.25, -0.2) is 5.84 Å². The standard InChI is InChI=1S/C14H13N3O3S/c15-16-14(18)11-3-1-2-10(8-11)9-21-13-6-4-12(5-7-13)17(19)20/h1-8H,9,15H2,(H,16,18). The van der Waals surface area contributed by atoms with Crippen molar-refractivity contribution < 1.29 is 9.72 Å². The molecule has 0 bridgehead atoms. The van der Waals surface area contributed by atoms with Crippen molar-refractivity contribution in [2.45, 2.75) is 10.6 Å². The van der Waals surface area contributed by atoms with Crippen molar-refractivity contribution >= 4 is 23.4 Å². The van der Waals surface area contributed by atoms with Crippen molar-refractivity contribution in [1.82, 2.24) is 5.43 Å². The summed E-state index contributed by atoms with van der Waals surface area (Å²) in [6.45, 7) is 0. The van der Waals surface area contributed by atoms with E-state index in [1.54, 1.807) is 30.3 Å². The van der Waals surface area contributed by atoms with E-state index in [1.807, 2.05) is 6.07 Å². The van der Waals surface area contributed by atoms with E-state index in [9.17, 15) is 14.9 Å². The number of hydrogen-bond acceptors (Lipinski definition) is 5. The summed E-state index contributed by atoms with van der Waals surface area (Å²) in [4.78, 5) is 22.5. The van der Waals surface area contributed by atoms with E-state index in [0.717, 1.165) is 10.5 Å². The average Bonchev–Trinajstić information content (AvgIpc) is 2.52. The van der Waals surface area contributed by atoms with Gasteiger partial charge in [0, 0.05) is 28.3 Å². The highest BCUT2D eigenvalue weighted by Gasteiger charge is 2.06. The molecule has 0 radical (unpaired) electrons. The summed E-state index contributed by atoms with van der Waals surface area (Å²) in [6, 6.07) is 13.5. The summed E-state index contributed by atoms with van der Waals surface area (Å²) in [5, 5.41) is 10.6. The Kier molecular flexibility index (Phi) is 4.91. The summed E-state index contributed by atoms with van der Waals surface area (Å²) in [5.74, 6) is 5.42. The maximum atomic E-state index is 11.4. The minimum absolute atomic E-state index is 0.0703. The molecular weight excluding hydrogens is 290 g/mol. The molecule has 2 rings (SSSR count). The normalized spacial score (nSPS) is 10.1. The van der Waals surface area contributed by atoms with Crippen LogP contribution in [0.2, 0.25) is 0 Å². The number of carbonyl (C=O) groups is 1. The van der Waals surface area contributed by atoms with Gasteiger partial charge >= 0.3 is 0 Å². The second-order valence-corrected chi connectivity index (χ2v) is 5.26. The number of nitrogens with two attached hydrogens (primary N) is 1. The average molecular weight is 303 g/mol. The van der Waals surface area contributed by atoms with Crippen LogP contribution < -0.4 is 11.3 Å². The van der Waals surface area contributed by atoms with Crippen LogP contribution in [0.5, 0.6) is 0 Å². The van der Waals surface area contributed by atoms with Gasteiger partial charge in [-0.05, 0) is 29.8 Å². The Hall–Kier alpha value is -2.38. The summed E-state index contributed by atoms with van der Waals surface area (Å²) in [6.07, 6.45) is 0. The maximum absolute atomic E-state index is 11.4. The maximum Gasteiger partial charge on any atom is 0.269 e. The molecule has 6 nitrogen and oxygen atoms in total. The molecule has 0 aromatic heterocycles. The predicted octanol–water partition coefficient (Wildman–Crippen LogP) is 2.49. The van der Waals surface area contributed by atoms with Gasteiger partial charge < -0.3 is 0 Å². The molecule has 0 atom stereocenters. The predicted molar refractivity (Wildman–Crippen MR) is 80.8 cm³/mol. The van der Waals surface area contributed by atoms with Crippen LogP contribution in [-0.2, 0) is 5.75 Å². The fourth-order valence-electron chi connectivity index (χ4n) is 1.72. The van der Waals surface area contributed by atoms with E-state index in [4.69, 9.17) is 5.84 Å². The summed E-state index contributed by atoms with van der Waals surface area (Å²) in [7, 11) is 0. The number of carbonyl (C=O) groups excluding carboxylic acids is 1. The minimum atomic E-state index is -0.427. The largest absolute Gasteiger partial charge is 0.290 e. The number of amides is 1. The summed E-state index contributed by atoms with van der Waals surface area (Å²) >= 11 is 1.54. The lowest BCUT2D eigenvalue weighted by atomic mass is 10.1. The first-order valence-electron chi connectivity index (χ1n) is 6.07. The van der Waals surface area contributed by atoms with E-state index in [0.29, 0.717) is 11.3 Å². The summed E-state index contributed by atoms with van der Waals surface area (Å²) < 4.78 is 0. The van der Waals surface area contributed by atoms with Gasteiger partial charge in [-0.3, -0.25) is 20.3 Å². The number of benzene rings is 2. The van der Waals surface area contributed by atoms with Crippen molar-refractivity contribution in [3.05, 3.63) is 69.8 Å². The second-order valence-electron chi connectivity index (χ2n) is 4.21. The molecule has 0 spiro atoms. The zero-order chi connectivity index (χ0) is 15.2. The van der Waals surface area contributed by atoms with Crippen LogP contribution in [0.4, 0.5) is 5.69 Å². The minimum Gasteiger partial charge on any atom is -0.290 e. The lowest BCUT2D eigenvalue weighted by Gasteiger charge is -2.04. The van der Waals surface area contributed by atoms with Crippen LogP contribution in [-0.4, -0.2) is 10.8 Å². The van der Waals surface area contributed by atoms with Crippen molar-refractivity contribution in [3.8, 4) is 0 Å². The first kappa shape index (κ1) is 15.0. The van der Waals surface area contributed by atoms with E-state index in [1.165, 1.54) is 23.9 Å². The fraction of sp³-hybridized carbons (Fsp3) is 0.0714. The van der Waals surface area contributed by atoms with Gasteiger partial charge in [-0.15, -0.1) is 11.8 Å². The highest BCUT2D eigenvalue weighted by Crippen LogP contribution is 2.25. The van der Waals surface area contributed by atoms with Crippen LogP contribution in [0.3, 0.4) is 0 Å². The molecule has 3 N–H and O–H groups in total. The number of hydrazine groups is 1. The lowest BCUT2D eigenvalue weighted by molar-refractivity contribution is -0.384. The number of nitrogens with one attached hydrogen (secondary N) is 1. The van der Waals surface area contributed by atoms with Crippen LogP contribution in [0.1, 0.15) is 15.9 Å². The van der Waals surface area contributed by atoms with Crippen LogP contribution in [0, 0.1) is 10.1 Å². The van der Waals surface area contributed by atoms with Gasteiger partial charge in [-0.1, -0.05) is 12.1 Å². The zero-order valence-electron chi connectivity index (χ0n) is 11.0. The number of rotatable bonds is 5. The van der Waals surface area contributed by atoms with Gasteiger partial charge in [0.1, 0.15) is 0 Å². The SMILES string of the molecule is NNC(=O)c1cccc(CSc2ccc([N+](=O)[O-])cc2)c1. The molecule has 0 fully saturated rings. The Morgan fingerprint density at radius 2 is 1.95 bits per heavy atom. The third-order valence-corrected chi connectivity index (χ3v) is 3.86. The third-order valence-electron chi connectivity index (χ3n) is 2.77. The molecule has 108 valence electrons. The topological polar surface area (TPSA) is 98.3 Å². The Morgan fingerprint density at radius 1 is 1.24 bits per heavy atom. The van der Waals surface area contributed by atoms with Gasteiger partial charge in [-0.2, -0.15) is 0 Å². The van der Waals surface area contributed by atoms with E-state index in [2.05, 4.69) is 5.43 Å². The smallest absolute Gasteiger partial charge is 0.269 e. The highest BCUT2D eigenvalue weighted by molar-refractivity contribution is 7.98. The van der Waals surface area contributed by atoms with E-state index >= 15 is 0 Å². The van der Waals surface area contributed by atoms with Crippen LogP contribution in [0.15, 0.2) is 53.4 Å². The van der Waals surface area contributed by atoms with Crippen molar-refractivity contribution in [3.63, 3.8) is 0 Å². The molecule has 0 aliphatic carbocycles. The molecule has 2 aromatic rings. The number of non-ortho nitro benzene ring substituents is 1. The van der Waals surface area contributed by atoms with Crippen LogP contribution in [0.25, 0.3) is 0 Å². The Morgan fingerprint density at radius 3 is 2.57 bits per heavy atom. The first-order valence-corrected chi connectivity index (χ1v) is 7.06. The Bertz CT molecular complexity index is 659. The van der Waals surface area contributed by atoms with Crippen LogP contribution >= 0.6 is 11.8 Å². The van der Waals surface area contributed by atoms with E-state index < -0.39 is 4.92 Å². The highest BCUT2D eigenvalue weighted by atomic mass is 32.2. The van der Waals surface area contributed by atoms with Crippen molar-refractivity contribution in [1.29, 1.82) is 0 Å². The summed E-state index contributed by atoms with van der Waals surface area (Å²) in [5.41, 5.74) is 3.63. The van der Waals surface area contributed by atoms with Gasteiger partial charge in [0.25, 0.3) is 11.6 Å². The number of nitro benzene ring substituents is 1. The molecule has 2 aromatic carbocycles. The van der Waals surface area contributed by atoms with Crippen molar-refractivity contribution in [2.75, 3.05) is 0 Å². The monoisotopic (exact) mass is 303 g/mol. The van der Waals surface area contributed by atoms with Crippen molar-refractivity contribution in [2.24, 2.45) is 5.84 Å². The lowest BCUT2D eigenvalue weighted by Crippen LogP contribution is -2.29. The third kappa shape index (κ3) is 4.04. The number of nitro groups is 1. The van der Waals surface area contributed by atoms with E-state index in [-0.39, 0.29) is 11.6 Å². The molecular formula is C14H13N3O3S. The number of thioether (sulfide) groups is 1. The Balaban J connectivity index is 2.02. The number of nitrogens with zero attached hydrogens (tertiary/aromatic N) is 1. The molecule has 0 aliphatic heterocycles. The molecule has 7 heteroatoms. The molecule has 0 saturated carbocycles.